The molecule has 1 rings (SSSR count). The van der Waals surface area contributed by atoms with Crippen LogP contribution in [0, 0.1) is 6.92 Å². The fraction of sp³-hybridized carbons (Fsp3) is 0.385. The molecule has 1 aromatic rings. The first-order valence-corrected chi connectivity index (χ1v) is 5.26. The Morgan fingerprint density at radius 1 is 1.44 bits per heavy atom. The van der Waals surface area contributed by atoms with Gasteiger partial charge in [-0.3, -0.25) is 4.79 Å². The number of carbonyl (C=O) groups is 2. The van der Waals surface area contributed by atoms with Gasteiger partial charge in [-0.2, -0.15) is 0 Å². The van der Waals surface area contributed by atoms with E-state index in [4.69, 9.17) is 0 Å². The van der Waals surface area contributed by atoms with Crippen molar-refractivity contribution in [1.29, 1.82) is 0 Å². The summed E-state index contributed by atoms with van der Waals surface area (Å²) in [5.41, 5.74) is 3.20. The third-order valence-corrected chi connectivity index (χ3v) is 2.52. The minimum absolute atomic E-state index is 0.245. The van der Waals surface area contributed by atoms with Crippen molar-refractivity contribution in [2.75, 3.05) is 7.11 Å². The van der Waals surface area contributed by atoms with E-state index in [0.717, 1.165) is 29.4 Å². The van der Waals surface area contributed by atoms with Crippen molar-refractivity contribution >= 4 is 12.3 Å². The van der Waals surface area contributed by atoms with Crippen LogP contribution in [-0.4, -0.2) is 19.4 Å². The van der Waals surface area contributed by atoms with Crippen LogP contribution in [0.1, 0.15) is 23.1 Å². The lowest BCUT2D eigenvalue weighted by Crippen LogP contribution is -2.05. The molecule has 0 amide bonds. The summed E-state index contributed by atoms with van der Waals surface area (Å²) in [4.78, 5) is 21.4. The largest absolute Gasteiger partial charge is 0.469 e. The number of benzene rings is 1. The molecule has 0 unspecified atom stereocenters. The zero-order valence-electron chi connectivity index (χ0n) is 9.66. The van der Waals surface area contributed by atoms with Gasteiger partial charge in [-0.05, 0) is 30.0 Å². The van der Waals surface area contributed by atoms with Gasteiger partial charge in [0.2, 0.25) is 0 Å². The molecule has 0 saturated heterocycles. The van der Waals surface area contributed by atoms with Crippen LogP contribution in [0.15, 0.2) is 18.2 Å². The second-order valence-electron chi connectivity index (χ2n) is 3.72. The molecule has 0 radical (unpaired) electrons. The lowest BCUT2D eigenvalue weighted by molar-refractivity contribution is -0.139. The van der Waals surface area contributed by atoms with Gasteiger partial charge in [-0.25, -0.2) is 0 Å². The normalized spacial score (nSPS) is 9.88. The molecule has 0 aliphatic carbocycles. The number of aldehydes is 1. The van der Waals surface area contributed by atoms with E-state index in [2.05, 4.69) is 4.74 Å². The Kier molecular flexibility index (Phi) is 4.70. The first-order valence-electron chi connectivity index (χ1n) is 5.26. The zero-order chi connectivity index (χ0) is 12.0. The van der Waals surface area contributed by atoms with Gasteiger partial charge in [-0.1, -0.05) is 18.2 Å². The number of carbonyl (C=O) groups excluding carboxylic acids is 2. The third kappa shape index (κ3) is 3.50. The van der Waals surface area contributed by atoms with Gasteiger partial charge in [0, 0.05) is 6.42 Å². The van der Waals surface area contributed by atoms with Crippen LogP contribution < -0.4 is 0 Å². The lowest BCUT2D eigenvalue weighted by atomic mass is 10.00. The van der Waals surface area contributed by atoms with E-state index in [9.17, 15) is 9.59 Å². The van der Waals surface area contributed by atoms with Crippen LogP contribution in [0.2, 0.25) is 0 Å². The van der Waals surface area contributed by atoms with E-state index >= 15 is 0 Å². The predicted octanol–water partition coefficient (Wildman–Crippen LogP) is 1.84. The quantitative estimate of drug-likeness (QED) is 0.561. The average Bonchev–Trinajstić information content (AvgIpc) is 2.29. The van der Waals surface area contributed by atoms with E-state index in [1.54, 1.807) is 0 Å². The first kappa shape index (κ1) is 12.4. The molecule has 0 aromatic heterocycles. The molecule has 0 atom stereocenters. The van der Waals surface area contributed by atoms with Crippen molar-refractivity contribution < 1.29 is 14.3 Å². The number of rotatable bonds is 5. The maximum Gasteiger partial charge on any atom is 0.309 e. The van der Waals surface area contributed by atoms with Gasteiger partial charge in [0.25, 0.3) is 0 Å². The number of hydrogen-bond donors (Lipinski definition) is 0. The molecule has 0 aliphatic rings. The van der Waals surface area contributed by atoms with Crippen LogP contribution in [0.25, 0.3) is 0 Å². The van der Waals surface area contributed by atoms with Crippen molar-refractivity contribution in [3.63, 3.8) is 0 Å². The van der Waals surface area contributed by atoms with E-state index < -0.39 is 0 Å². The smallest absolute Gasteiger partial charge is 0.309 e. The SMILES string of the molecule is COC(=O)Cc1ccc(C)c(CCC=O)c1. The summed E-state index contributed by atoms with van der Waals surface area (Å²) in [6.07, 6.45) is 2.43. The van der Waals surface area contributed by atoms with Crippen LogP contribution >= 0.6 is 0 Å². The van der Waals surface area contributed by atoms with E-state index in [1.165, 1.54) is 7.11 Å². The molecule has 0 aliphatic heterocycles. The van der Waals surface area contributed by atoms with E-state index in [0.29, 0.717) is 6.42 Å². The standard InChI is InChI=1S/C13H16O3/c1-10-5-6-11(9-13(15)16-2)8-12(10)4-3-7-14/h5-8H,3-4,9H2,1-2H3. The van der Waals surface area contributed by atoms with Crippen LogP contribution in [0.4, 0.5) is 0 Å². The predicted molar refractivity (Wildman–Crippen MR) is 61.3 cm³/mol. The molecule has 0 saturated carbocycles. The van der Waals surface area contributed by atoms with Crippen molar-refractivity contribution in [2.24, 2.45) is 0 Å². The molecule has 1 aromatic carbocycles. The van der Waals surface area contributed by atoms with Crippen molar-refractivity contribution in [3.8, 4) is 0 Å². The van der Waals surface area contributed by atoms with Gasteiger partial charge in [-0.15, -0.1) is 0 Å². The first-order chi connectivity index (χ1) is 7.67. The summed E-state index contributed by atoms with van der Waals surface area (Å²) in [5.74, 6) is -0.245. The second kappa shape index (κ2) is 6.05. The Morgan fingerprint density at radius 2 is 2.19 bits per heavy atom. The lowest BCUT2D eigenvalue weighted by Gasteiger charge is -2.07. The molecule has 3 nitrogen and oxygen atoms in total. The molecule has 0 spiro atoms. The fourth-order valence-electron chi connectivity index (χ4n) is 1.56. The molecular weight excluding hydrogens is 204 g/mol. The molecular formula is C13H16O3. The summed E-state index contributed by atoms with van der Waals surface area (Å²) in [6, 6.07) is 5.85. The van der Waals surface area contributed by atoms with Gasteiger partial charge in [0.1, 0.15) is 6.29 Å². The van der Waals surface area contributed by atoms with Gasteiger partial charge < -0.3 is 9.53 Å². The summed E-state index contributed by atoms with van der Waals surface area (Å²) < 4.78 is 4.61. The Hall–Kier alpha value is -1.64. The van der Waals surface area contributed by atoms with Crippen LogP contribution in [-0.2, 0) is 27.2 Å². The van der Waals surface area contributed by atoms with Crippen LogP contribution in [0.3, 0.4) is 0 Å². The summed E-state index contributed by atoms with van der Waals surface area (Å²) in [7, 11) is 1.38. The Morgan fingerprint density at radius 3 is 2.81 bits per heavy atom. The third-order valence-electron chi connectivity index (χ3n) is 2.52. The molecule has 0 heterocycles. The summed E-state index contributed by atoms with van der Waals surface area (Å²) >= 11 is 0. The Labute approximate surface area is 95.4 Å². The number of ether oxygens (including phenoxy) is 1. The highest BCUT2D eigenvalue weighted by Crippen LogP contribution is 2.13. The average molecular weight is 220 g/mol. The summed E-state index contributed by atoms with van der Waals surface area (Å²) in [5, 5.41) is 0. The maximum absolute atomic E-state index is 11.1. The minimum Gasteiger partial charge on any atom is -0.469 e. The van der Waals surface area contributed by atoms with E-state index in [-0.39, 0.29) is 12.4 Å². The van der Waals surface area contributed by atoms with Gasteiger partial charge in [0.05, 0.1) is 13.5 Å². The number of hydrogen-bond acceptors (Lipinski definition) is 3. The highest BCUT2D eigenvalue weighted by molar-refractivity contribution is 5.72. The zero-order valence-corrected chi connectivity index (χ0v) is 9.66. The molecule has 3 heteroatoms. The molecule has 0 bridgehead atoms. The molecule has 0 N–H and O–H groups in total. The monoisotopic (exact) mass is 220 g/mol. The Bertz CT molecular complexity index is 383. The highest BCUT2D eigenvalue weighted by atomic mass is 16.5. The van der Waals surface area contributed by atoms with Crippen molar-refractivity contribution in [2.45, 2.75) is 26.2 Å². The number of esters is 1. The Balaban J connectivity index is 2.80. The van der Waals surface area contributed by atoms with Gasteiger partial charge >= 0.3 is 5.97 Å². The molecule has 0 fully saturated rings. The molecule has 86 valence electrons. The molecule has 16 heavy (non-hydrogen) atoms. The fourth-order valence-corrected chi connectivity index (χ4v) is 1.56. The topological polar surface area (TPSA) is 43.4 Å². The summed E-state index contributed by atoms with van der Waals surface area (Å²) in [6.45, 7) is 2.00. The van der Waals surface area contributed by atoms with Gasteiger partial charge in [0.15, 0.2) is 0 Å². The minimum atomic E-state index is -0.245. The van der Waals surface area contributed by atoms with Crippen molar-refractivity contribution in [1.82, 2.24) is 0 Å². The van der Waals surface area contributed by atoms with E-state index in [1.807, 2.05) is 25.1 Å². The second-order valence-corrected chi connectivity index (χ2v) is 3.72. The number of aryl methyl sites for hydroxylation is 2. The maximum atomic E-state index is 11.1. The van der Waals surface area contributed by atoms with Crippen LogP contribution in [0.5, 0.6) is 0 Å². The van der Waals surface area contributed by atoms with Crippen molar-refractivity contribution in [3.05, 3.63) is 34.9 Å². The highest BCUT2D eigenvalue weighted by Gasteiger charge is 2.05. The number of methoxy groups -OCH3 is 1.